The predicted molar refractivity (Wildman–Crippen MR) is 106 cm³/mol. The Bertz CT molecular complexity index is 961. The Morgan fingerprint density at radius 1 is 1.26 bits per heavy atom. The molecule has 2 N–H and O–H groups in total. The van der Waals surface area contributed by atoms with Gasteiger partial charge in [-0.2, -0.15) is 5.26 Å². The summed E-state index contributed by atoms with van der Waals surface area (Å²) in [7, 11) is 0. The number of rotatable bonds is 5. The Morgan fingerprint density at radius 2 is 1.97 bits per heavy atom. The van der Waals surface area contributed by atoms with Gasteiger partial charge in [-0.3, -0.25) is 14.5 Å². The van der Waals surface area contributed by atoms with Gasteiger partial charge in [0.25, 0.3) is 0 Å². The molecule has 7 nitrogen and oxygen atoms in total. The predicted octanol–water partition coefficient (Wildman–Crippen LogP) is 1.15. The molecule has 1 aliphatic carbocycles. The van der Waals surface area contributed by atoms with Crippen molar-refractivity contribution < 1.29 is 18.4 Å². The molecule has 3 aliphatic heterocycles. The van der Waals surface area contributed by atoms with Crippen molar-refractivity contribution in [1.82, 2.24) is 14.7 Å². The molecule has 4 fully saturated rings. The molecule has 3 saturated heterocycles. The average molecular weight is 429 g/mol. The topological polar surface area (TPSA) is 93.7 Å². The van der Waals surface area contributed by atoms with Gasteiger partial charge in [-0.15, -0.1) is 0 Å². The van der Waals surface area contributed by atoms with E-state index in [-0.39, 0.29) is 36.5 Å². The number of carbonyl (C=O) groups excluding carboxylic acids is 2. The lowest BCUT2D eigenvalue weighted by Gasteiger charge is -2.38. The highest BCUT2D eigenvalue weighted by Gasteiger charge is 2.56. The Balaban J connectivity index is 1.24. The van der Waals surface area contributed by atoms with Gasteiger partial charge in [0.2, 0.25) is 11.8 Å². The first-order valence-electron chi connectivity index (χ1n) is 10.8. The molecule has 31 heavy (non-hydrogen) atoms. The van der Waals surface area contributed by atoms with Crippen molar-refractivity contribution in [3.8, 4) is 6.07 Å². The highest BCUT2D eigenvalue weighted by atomic mass is 19.1. The SMILES string of the molecule is C[C@@H](c1cc(F)cc(F)c1)N1C(=O)[C@@H]2C[C@H]1CN2C[C@H](N)C(=O)N1[C@H](C#N)C[C@@H]2C[C@@H]21. The minimum atomic E-state index is -0.787. The van der Waals surface area contributed by atoms with Crippen LogP contribution in [0.4, 0.5) is 8.78 Å². The van der Waals surface area contributed by atoms with Crippen LogP contribution in [-0.4, -0.2) is 69.8 Å². The summed E-state index contributed by atoms with van der Waals surface area (Å²) in [4.78, 5) is 31.2. The fourth-order valence-corrected chi connectivity index (χ4v) is 5.79. The standard InChI is InChI=1S/C22H25F2N5O2/c1-11(12-2-14(23)6-15(24)3-12)28-17-7-20(22(28)31)27(9-17)10-18(26)21(30)29-16(8-25)4-13-5-19(13)29/h2-3,6,11,13,16-20H,4-5,7,9-10,26H2,1H3/t11-,13+,16-,17-,18-,19-,20-/m0/s1. The van der Waals surface area contributed by atoms with Crippen LogP contribution in [0, 0.1) is 28.9 Å². The van der Waals surface area contributed by atoms with Gasteiger partial charge < -0.3 is 15.5 Å². The molecule has 1 saturated carbocycles. The van der Waals surface area contributed by atoms with Crippen molar-refractivity contribution >= 4 is 11.8 Å². The first kappa shape index (κ1) is 20.3. The first-order valence-corrected chi connectivity index (χ1v) is 10.8. The highest BCUT2D eigenvalue weighted by molar-refractivity contribution is 5.87. The van der Waals surface area contributed by atoms with Crippen LogP contribution in [0.25, 0.3) is 0 Å². The summed E-state index contributed by atoms with van der Waals surface area (Å²) >= 11 is 0. The first-order chi connectivity index (χ1) is 14.8. The summed E-state index contributed by atoms with van der Waals surface area (Å²) in [6.07, 6.45) is 2.27. The van der Waals surface area contributed by atoms with Crippen molar-refractivity contribution in [2.75, 3.05) is 13.1 Å². The third kappa shape index (κ3) is 3.29. The zero-order valence-electron chi connectivity index (χ0n) is 17.2. The maximum atomic E-state index is 13.6. The van der Waals surface area contributed by atoms with Gasteiger partial charge in [-0.1, -0.05) is 0 Å². The van der Waals surface area contributed by atoms with Gasteiger partial charge >= 0.3 is 0 Å². The second-order valence-electron chi connectivity index (χ2n) is 9.28. The van der Waals surface area contributed by atoms with E-state index in [1.807, 2.05) is 4.90 Å². The van der Waals surface area contributed by atoms with E-state index in [1.165, 1.54) is 12.1 Å². The lowest BCUT2D eigenvalue weighted by atomic mass is 10.0. The molecular formula is C22H25F2N5O2. The quantitative estimate of drug-likeness (QED) is 0.758. The molecule has 164 valence electrons. The molecule has 7 atom stereocenters. The molecule has 2 bridgehead atoms. The van der Waals surface area contributed by atoms with Crippen LogP contribution in [-0.2, 0) is 9.59 Å². The maximum absolute atomic E-state index is 13.6. The van der Waals surface area contributed by atoms with Crippen molar-refractivity contribution in [2.45, 2.75) is 62.4 Å². The Hall–Kier alpha value is -2.57. The van der Waals surface area contributed by atoms with Crippen LogP contribution in [0.5, 0.6) is 0 Å². The second kappa shape index (κ2) is 7.24. The van der Waals surface area contributed by atoms with Crippen LogP contribution in [0.3, 0.4) is 0 Å². The van der Waals surface area contributed by atoms with E-state index in [1.54, 1.807) is 16.7 Å². The minimum absolute atomic E-state index is 0.0902. The van der Waals surface area contributed by atoms with Crippen molar-refractivity contribution in [3.05, 3.63) is 35.4 Å². The number of carbonyl (C=O) groups is 2. The van der Waals surface area contributed by atoms with Gasteiger partial charge in [-0.05, 0) is 49.8 Å². The fourth-order valence-electron chi connectivity index (χ4n) is 5.79. The van der Waals surface area contributed by atoms with Crippen LogP contribution >= 0.6 is 0 Å². The van der Waals surface area contributed by atoms with Gasteiger partial charge in [-0.25, -0.2) is 8.78 Å². The molecular weight excluding hydrogens is 404 g/mol. The number of hydrogen-bond donors (Lipinski definition) is 1. The third-order valence-electron chi connectivity index (χ3n) is 7.36. The van der Waals surface area contributed by atoms with Crippen molar-refractivity contribution in [1.29, 1.82) is 5.26 Å². The van der Waals surface area contributed by atoms with E-state index in [9.17, 15) is 23.6 Å². The third-order valence-corrected chi connectivity index (χ3v) is 7.36. The maximum Gasteiger partial charge on any atom is 0.242 e. The van der Waals surface area contributed by atoms with Gasteiger partial charge in [0, 0.05) is 31.2 Å². The number of piperidine rings is 1. The van der Waals surface area contributed by atoms with E-state index < -0.39 is 29.8 Å². The number of hydrogen-bond acceptors (Lipinski definition) is 5. The van der Waals surface area contributed by atoms with Crippen LogP contribution < -0.4 is 5.73 Å². The monoisotopic (exact) mass is 429 g/mol. The van der Waals surface area contributed by atoms with Crippen LogP contribution in [0.15, 0.2) is 18.2 Å². The number of benzene rings is 1. The minimum Gasteiger partial charge on any atom is -0.330 e. The number of nitrogens with two attached hydrogens (primary N) is 1. The molecule has 9 heteroatoms. The molecule has 0 radical (unpaired) electrons. The number of likely N-dealkylation sites (tertiary alicyclic amines) is 3. The summed E-state index contributed by atoms with van der Waals surface area (Å²) < 4.78 is 27.3. The molecule has 4 aliphatic rings. The van der Waals surface area contributed by atoms with E-state index in [0.717, 1.165) is 18.9 Å². The fraction of sp³-hybridized carbons (Fsp3) is 0.591. The summed E-state index contributed by atoms with van der Waals surface area (Å²) in [5.41, 5.74) is 6.64. The van der Waals surface area contributed by atoms with Crippen molar-refractivity contribution in [2.24, 2.45) is 11.7 Å². The summed E-state index contributed by atoms with van der Waals surface area (Å²) in [5.74, 6) is -1.23. The normalized spacial score (nSPS) is 33.4. The number of piperazine rings is 1. The van der Waals surface area contributed by atoms with E-state index in [0.29, 0.717) is 24.4 Å². The zero-order chi connectivity index (χ0) is 22.0. The molecule has 5 rings (SSSR count). The van der Waals surface area contributed by atoms with Crippen LogP contribution in [0.1, 0.15) is 37.8 Å². The summed E-state index contributed by atoms with van der Waals surface area (Å²) in [6.45, 7) is 2.59. The van der Waals surface area contributed by atoms with Gasteiger partial charge in [0.15, 0.2) is 0 Å². The highest BCUT2D eigenvalue weighted by Crippen LogP contribution is 2.48. The molecule has 2 amide bonds. The summed E-state index contributed by atoms with van der Waals surface area (Å²) in [5, 5.41) is 9.33. The molecule has 0 unspecified atom stereocenters. The molecule has 1 aromatic rings. The molecule has 3 heterocycles. The second-order valence-corrected chi connectivity index (χ2v) is 9.28. The largest absolute Gasteiger partial charge is 0.330 e. The van der Waals surface area contributed by atoms with E-state index in [4.69, 9.17) is 5.73 Å². The lowest BCUT2D eigenvalue weighted by Crippen LogP contribution is -2.57. The van der Waals surface area contributed by atoms with Crippen molar-refractivity contribution in [3.63, 3.8) is 0 Å². The smallest absolute Gasteiger partial charge is 0.242 e. The summed E-state index contributed by atoms with van der Waals surface area (Å²) in [6, 6.07) is 3.56. The average Bonchev–Trinajstić information content (AvgIpc) is 3.05. The van der Waals surface area contributed by atoms with Crippen LogP contribution in [0.2, 0.25) is 0 Å². The van der Waals surface area contributed by atoms with E-state index >= 15 is 0 Å². The Kier molecular flexibility index (Phi) is 4.75. The zero-order valence-corrected chi connectivity index (χ0v) is 17.2. The Labute approximate surface area is 179 Å². The van der Waals surface area contributed by atoms with Gasteiger partial charge in [0.1, 0.15) is 17.7 Å². The number of fused-ring (bicyclic) bond motifs is 3. The number of nitriles is 1. The van der Waals surface area contributed by atoms with E-state index in [2.05, 4.69) is 6.07 Å². The molecule has 0 spiro atoms. The Morgan fingerprint density at radius 3 is 2.61 bits per heavy atom. The molecule has 0 aromatic heterocycles. The number of halogens is 2. The number of nitrogens with zero attached hydrogens (tertiary/aromatic N) is 4. The molecule has 1 aromatic carbocycles. The lowest BCUT2D eigenvalue weighted by molar-refractivity contribution is -0.141. The van der Waals surface area contributed by atoms with Gasteiger partial charge in [0.05, 0.1) is 24.2 Å². The number of amides is 2.